The van der Waals surface area contributed by atoms with Gasteiger partial charge < -0.3 is 0 Å². The first kappa shape index (κ1) is 40.6. The molecule has 6 aromatic carbocycles. The van der Waals surface area contributed by atoms with E-state index in [-0.39, 0.29) is 21.7 Å². The molecule has 6 rings (SSSR count). The van der Waals surface area contributed by atoms with Gasteiger partial charge in [-0.3, -0.25) is 0 Å². The largest absolute Gasteiger partial charge is 0.214 e. The summed E-state index contributed by atoms with van der Waals surface area (Å²) in [5.74, 6) is 0. The van der Waals surface area contributed by atoms with Crippen LogP contribution in [0.3, 0.4) is 0 Å². The Bertz CT molecular complexity index is 1880. The Balaban J connectivity index is 0.000000221. The second-order valence-electron chi connectivity index (χ2n) is 17.5. The fourth-order valence-corrected chi connectivity index (χ4v) is 7.66. The van der Waals surface area contributed by atoms with Crippen LogP contribution in [0.5, 0.6) is 0 Å². The summed E-state index contributed by atoms with van der Waals surface area (Å²) >= 11 is 8.34. The van der Waals surface area contributed by atoms with E-state index in [1.54, 1.807) is 0 Å². The van der Waals surface area contributed by atoms with Crippen molar-refractivity contribution in [1.29, 1.82) is 0 Å². The quantitative estimate of drug-likeness (QED) is 0.152. The molecular formula is C47H54Br2Zr. The van der Waals surface area contributed by atoms with Crippen LogP contribution in [0.2, 0.25) is 0 Å². The van der Waals surface area contributed by atoms with Crippen molar-refractivity contribution < 1.29 is 24.2 Å². The van der Waals surface area contributed by atoms with E-state index in [1.807, 2.05) is 30.3 Å². The topological polar surface area (TPSA) is 0 Å². The predicted molar refractivity (Wildman–Crippen MR) is 225 cm³/mol. The van der Waals surface area contributed by atoms with Crippen LogP contribution in [0.25, 0.3) is 21.5 Å². The predicted octanol–water partition coefficient (Wildman–Crippen LogP) is 14.6. The van der Waals surface area contributed by atoms with E-state index in [0.717, 1.165) is 8.95 Å². The minimum atomic E-state index is 0.124. The van der Waals surface area contributed by atoms with Crippen molar-refractivity contribution >= 4 is 56.6 Å². The molecule has 0 atom stereocenters. The Morgan fingerprint density at radius 2 is 0.780 bits per heavy atom. The Labute approximate surface area is 334 Å². The smallest absolute Gasteiger partial charge is 0.0142 e. The SMILES string of the molecule is Brc1ccc([C](=[Zr+2])c2ccc(Br)cc2)cc1.CC(C)(C)c1cc2[cH-]c3cc(C(C)(C)C)c(C(C)(C)C)cc3c2cc1C(C)(C)C.c1cc[cH-]c1. The molecule has 0 aliphatic rings. The molecule has 0 aliphatic heterocycles. The molecule has 50 heavy (non-hydrogen) atoms. The van der Waals surface area contributed by atoms with Gasteiger partial charge in [-0.15, -0.1) is 39.7 Å². The Morgan fingerprint density at radius 1 is 0.480 bits per heavy atom. The maximum Gasteiger partial charge on any atom is -0.0142 e. The summed E-state index contributed by atoms with van der Waals surface area (Å²) in [7, 11) is 0. The van der Waals surface area contributed by atoms with Crippen LogP contribution in [0.1, 0.15) is 116 Å². The number of rotatable bonds is 2. The molecule has 0 spiro atoms. The summed E-state index contributed by atoms with van der Waals surface area (Å²) < 4.78 is 3.62. The number of hydrogen-bond donors (Lipinski definition) is 0. The molecule has 0 heterocycles. The molecule has 0 nitrogen and oxygen atoms in total. The van der Waals surface area contributed by atoms with Crippen molar-refractivity contribution in [2.75, 3.05) is 0 Å². The van der Waals surface area contributed by atoms with Crippen molar-refractivity contribution in [3.63, 3.8) is 0 Å². The van der Waals surface area contributed by atoms with Gasteiger partial charge in [-0.1, -0.05) is 117 Å². The van der Waals surface area contributed by atoms with Gasteiger partial charge in [0.15, 0.2) is 0 Å². The summed E-state index contributed by atoms with van der Waals surface area (Å²) in [6.07, 6.45) is 0. The average Bonchev–Trinajstić information content (AvgIpc) is 3.71. The monoisotopic (exact) mass is 866 g/mol. The number of benzene rings is 4. The normalized spacial score (nSPS) is 12.3. The average molecular weight is 870 g/mol. The van der Waals surface area contributed by atoms with Crippen molar-refractivity contribution in [2.45, 2.75) is 105 Å². The molecule has 0 unspecified atom stereocenters. The molecular weight excluding hydrogens is 816 g/mol. The van der Waals surface area contributed by atoms with Gasteiger partial charge in [0.05, 0.1) is 0 Å². The van der Waals surface area contributed by atoms with Crippen LogP contribution < -0.4 is 0 Å². The van der Waals surface area contributed by atoms with E-state index in [4.69, 9.17) is 0 Å². The van der Waals surface area contributed by atoms with Crippen LogP contribution in [0.4, 0.5) is 0 Å². The van der Waals surface area contributed by atoms with Crippen molar-refractivity contribution in [1.82, 2.24) is 0 Å². The van der Waals surface area contributed by atoms with Gasteiger partial charge in [0.2, 0.25) is 0 Å². The zero-order valence-corrected chi connectivity index (χ0v) is 37.8. The first-order valence-corrected chi connectivity index (χ1v) is 20.4. The molecule has 0 bridgehead atoms. The van der Waals surface area contributed by atoms with Crippen LogP contribution in [0.15, 0.2) is 118 Å². The summed E-state index contributed by atoms with van der Waals surface area (Å²) in [4.78, 5) is 0. The Hall–Kier alpha value is -2.19. The molecule has 0 aromatic heterocycles. The third kappa shape index (κ3) is 10.2. The number of fused-ring (bicyclic) bond motifs is 3. The van der Waals surface area contributed by atoms with Crippen LogP contribution in [-0.2, 0) is 45.9 Å². The maximum atomic E-state index is 3.45. The van der Waals surface area contributed by atoms with E-state index >= 15 is 0 Å². The van der Waals surface area contributed by atoms with E-state index in [9.17, 15) is 0 Å². The van der Waals surface area contributed by atoms with Crippen LogP contribution in [-0.4, -0.2) is 3.21 Å². The van der Waals surface area contributed by atoms with Gasteiger partial charge in [-0.25, -0.2) is 12.1 Å². The molecule has 0 N–H and O–H groups in total. The second kappa shape index (κ2) is 15.8. The van der Waals surface area contributed by atoms with Crippen molar-refractivity contribution in [3.8, 4) is 0 Å². The molecule has 0 saturated carbocycles. The fourth-order valence-electron chi connectivity index (χ4n) is 6.31. The van der Waals surface area contributed by atoms with Crippen LogP contribution >= 0.6 is 31.9 Å². The van der Waals surface area contributed by atoms with E-state index in [1.165, 1.54) is 82.4 Å². The molecule has 0 amide bonds. The Morgan fingerprint density at radius 3 is 1.04 bits per heavy atom. The number of hydrogen-bond acceptors (Lipinski definition) is 0. The van der Waals surface area contributed by atoms with Crippen molar-refractivity contribution in [2.24, 2.45) is 0 Å². The van der Waals surface area contributed by atoms with Crippen LogP contribution in [0, 0.1) is 0 Å². The minimum absolute atomic E-state index is 0.124. The Kier molecular flexibility index (Phi) is 12.8. The third-order valence-electron chi connectivity index (χ3n) is 9.03. The van der Waals surface area contributed by atoms with Crippen molar-refractivity contribution in [3.05, 3.63) is 152 Å². The fraction of sp³-hybridized carbons (Fsp3) is 0.340. The van der Waals surface area contributed by atoms with E-state index < -0.39 is 0 Å². The molecule has 260 valence electrons. The van der Waals surface area contributed by atoms with Gasteiger partial charge >= 0.3 is 128 Å². The molecule has 0 aliphatic carbocycles. The third-order valence-corrected chi connectivity index (χ3v) is 11.5. The van der Waals surface area contributed by atoms with Gasteiger partial charge in [-0.2, -0.15) is 18.2 Å². The first-order valence-electron chi connectivity index (χ1n) is 17.6. The molecule has 3 heteroatoms. The first-order chi connectivity index (χ1) is 23.1. The minimum Gasteiger partial charge on any atom is -0.214 e. The maximum absolute atomic E-state index is 3.45. The molecule has 0 radical (unpaired) electrons. The van der Waals surface area contributed by atoms with Gasteiger partial charge in [0.1, 0.15) is 0 Å². The van der Waals surface area contributed by atoms with E-state index in [0.29, 0.717) is 0 Å². The zero-order chi connectivity index (χ0) is 37.2. The summed E-state index contributed by atoms with van der Waals surface area (Å²) in [5.41, 5.74) is 8.99. The molecule has 0 saturated heterocycles. The zero-order valence-electron chi connectivity index (χ0n) is 32.1. The summed E-state index contributed by atoms with van der Waals surface area (Å²) in [6, 6.07) is 39.2. The van der Waals surface area contributed by atoms with E-state index in [2.05, 4.69) is 194 Å². The van der Waals surface area contributed by atoms with Gasteiger partial charge in [-0.05, 0) is 21.7 Å². The van der Waals surface area contributed by atoms with Gasteiger partial charge in [0, 0.05) is 0 Å². The molecule has 6 aromatic rings. The second-order valence-corrected chi connectivity index (χ2v) is 20.5. The molecule has 0 fully saturated rings. The summed E-state index contributed by atoms with van der Waals surface area (Å²) in [6.45, 7) is 28.0. The standard InChI is InChI=1S/C29H41.C13H8Br2.C5H5.Zr/c1-26(2,3)22-14-18-13-19-15-23(27(4,5)6)25(29(10,11)12)17-21(19)20(18)16-24(22)28(7,8)9;14-12-5-1-10(2-6-12)9-11-3-7-13(15)8-4-11;1-2-4-5-3-1;/h13-17H,1-12H3;1-8H;1-5H;/q-1;;-1;+2. The number of halogens is 2. The van der Waals surface area contributed by atoms with Gasteiger partial charge in [0.25, 0.3) is 0 Å². The summed E-state index contributed by atoms with van der Waals surface area (Å²) in [5, 5.41) is 5.57.